The molecule has 6 heteroatoms. The lowest BCUT2D eigenvalue weighted by Gasteiger charge is -2.12. The number of nitriles is 1. The summed E-state index contributed by atoms with van der Waals surface area (Å²) in [7, 11) is -3.48. The van der Waals surface area contributed by atoms with Crippen molar-refractivity contribution in [3.63, 3.8) is 0 Å². The first-order valence-corrected chi connectivity index (χ1v) is 7.88. The lowest BCUT2D eigenvalue weighted by molar-refractivity contribution is 0.571. The van der Waals surface area contributed by atoms with Crippen molar-refractivity contribution in [1.29, 1.82) is 5.26 Å². The lowest BCUT2D eigenvalue weighted by atomic mass is 10.2. The van der Waals surface area contributed by atoms with E-state index in [0.29, 0.717) is 5.56 Å². The summed E-state index contributed by atoms with van der Waals surface area (Å²) in [6.07, 6.45) is 1.92. The molecular formula is C11H14N2O2S2. The molecule has 1 rings (SSSR count). The van der Waals surface area contributed by atoms with E-state index in [-0.39, 0.29) is 10.9 Å². The Bertz CT molecular complexity index is 503. The SMILES string of the molecule is CSCC(C)NS(=O)(=O)c1ccc(C#N)cc1. The summed E-state index contributed by atoms with van der Waals surface area (Å²) in [5.74, 6) is 0.718. The molecule has 0 saturated carbocycles. The fraction of sp³-hybridized carbons (Fsp3) is 0.364. The first-order chi connectivity index (χ1) is 7.99. The molecular weight excluding hydrogens is 256 g/mol. The number of benzene rings is 1. The third kappa shape index (κ3) is 4.04. The van der Waals surface area contributed by atoms with Gasteiger partial charge in [0.2, 0.25) is 10.0 Å². The van der Waals surface area contributed by atoms with E-state index in [9.17, 15) is 8.42 Å². The van der Waals surface area contributed by atoms with E-state index in [1.165, 1.54) is 24.3 Å². The van der Waals surface area contributed by atoms with E-state index in [4.69, 9.17) is 5.26 Å². The van der Waals surface area contributed by atoms with Crippen molar-refractivity contribution in [2.45, 2.75) is 17.9 Å². The summed E-state index contributed by atoms with van der Waals surface area (Å²) < 4.78 is 26.4. The fourth-order valence-corrected chi connectivity index (χ4v) is 3.26. The first-order valence-electron chi connectivity index (χ1n) is 5.01. The van der Waals surface area contributed by atoms with E-state index in [1.807, 2.05) is 19.2 Å². The van der Waals surface area contributed by atoms with Gasteiger partial charge in [-0.15, -0.1) is 0 Å². The van der Waals surface area contributed by atoms with Gasteiger partial charge in [-0.25, -0.2) is 13.1 Å². The molecule has 1 unspecified atom stereocenters. The molecule has 4 nitrogen and oxygen atoms in total. The molecule has 92 valence electrons. The Morgan fingerprint density at radius 3 is 2.47 bits per heavy atom. The van der Waals surface area contributed by atoms with Crippen LogP contribution < -0.4 is 4.72 Å². The Hall–Kier alpha value is -1.03. The van der Waals surface area contributed by atoms with Crippen LogP contribution in [0, 0.1) is 11.3 Å². The van der Waals surface area contributed by atoms with E-state index in [0.717, 1.165) is 5.75 Å². The van der Waals surface area contributed by atoms with Gasteiger partial charge in [0.05, 0.1) is 16.5 Å². The Morgan fingerprint density at radius 1 is 1.41 bits per heavy atom. The molecule has 0 aliphatic rings. The molecule has 0 spiro atoms. The number of nitrogens with zero attached hydrogens (tertiary/aromatic N) is 1. The molecule has 0 amide bonds. The maximum Gasteiger partial charge on any atom is 0.240 e. The van der Waals surface area contributed by atoms with Crippen molar-refractivity contribution in [3.8, 4) is 6.07 Å². The van der Waals surface area contributed by atoms with Crippen LogP contribution in [-0.2, 0) is 10.0 Å². The maximum atomic E-state index is 11.9. The van der Waals surface area contributed by atoms with Gasteiger partial charge in [-0.1, -0.05) is 0 Å². The number of nitrogens with one attached hydrogen (secondary N) is 1. The predicted molar refractivity (Wildman–Crippen MR) is 69.3 cm³/mol. The number of sulfonamides is 1. The molecule has 0 bridgehead atoms. The van der Waals surface area contributed by atoms with Crippen LogP contribution >= 0.6 is 11.8 Å². The van der Waals surface area contributed by atoms with Gasteiger partial charge >= 0.3 is 0 Å². The van der Waals surface area contributed by atoms with Crippen LogP contribution in [0.1, 0.15) is 12.5 Å². The van der Waals surface area contributed by atoms with Crippen LogP contribution in [0.2, 0.25) is 0 Å². The third-order valence-corrected chi connectivity index (χ3v) is 4.51. The molecule has 0 saturated heterocycles. The number of rotatable bonds is 5. The van der Waals surface area contributed by atoms with Crippen LogP contribution in [-0.4, -0.2) is 26.5 Å². The predicted octanol–water partition coefficient (Wildman–Crippen LogP) is 1.59. The zero-order chi connectivity index (χ0) is 12.9. The summed E-state index contributed by atoms with van der Waals surface area (Å²) in [4.78, 5) is 0.185. The average Bonchev–Trinajstić information content (AvgIpc) is 2.28. The van der Waals surface area contributed by atoms with Crippen molar-refractivity contribution in [1.82, 2.24) is 4.72 Å². The number of thioether (sulfide) groups is 1. The van der Waals surface area contributed by atoms with Crippen molar-refractivity contribution >= 4 is 21.8 Å². The topological polar surface area (TPSA) is 70.0 Å². The van der Waals surface area contributed by atoms with Gasteiger partial charge in [-0.2, -0.15) is 17.0 Å². The quantitative estimate of drug-likeness (QED) is 0.882. The van der Waals surface area contributed by atoms with Crippen LogP contribution in [0.4, 0.5) is 0 Å². The third-order valence-electron chi connectivity index (χ3n) is 2.07. The smallest absolute Gasteiger partial charge is 0.208 e. The largest absolute Gasteiger partial charge is 0.240 e. The Morgan fingerprint density at radius 2 is 2.00 bits per heavy atom. The first kappa shape index (κ1) is 14.0. The van der Waals surface area contributed by atoms with Gasteiger partial charge in [-0.3, -0.25) is 0 Å². The molecule has 0 fully saturated rings. The molecule has 1 atom stereocenters. The molecule has 0 radical (unpaired) electrons. The van der Waals surface area contributed by atoms with Crippen LogP contribution in [0.25, 0.3) is 0 Å². The molecule has 0 aliphatic carbocycles. The van der Waals surface area contributed by atoms with Gasteiger partial charge in [0.1, 0.15) is 0 Å². The summed E-state index contributed by atoms with van der Waals surface area (Å²) in [5, 5.41) is 8.63. The monoisotopic (exact) mass is 270 g/mol. The minimum atomic E-state index is -3.48. The van der Waals surface area contributed by atoms with Crippen molar-refractivity contribution < 1.29 is 8.42 Å². The Kier molecular flexibility index (Phi) is 5.00. The Labute approximate surface area is 106 Å². The minimum absolute atomic E-state index is 0.120. The highest BCUT2D eigenvalue weighted by atomic mass is 32.2. The van der Waals surface area contributed by atoms with Gasteiger partial charge in [0.25, 0.3) is 0 Å². The molecule has 0 heterocycles. The zero-order valence-corrected chi connectivity index (χ0v) is 11.3. The summed E-state index contributed by atoms with van der Waals surface area (Å²) in [6.45, 7) is 1.82. The summed E-state index contributed by atoms with van der Waals surface area (Å²) in [6, 6.07) is 7.69. The Balaban J connectivity index is 2.86. The van der Waals surface area contributed by atoms with Crippen molar-refractivity contribution in [2.75, 3.05) is 12.0 Å². The second-order valence-electron chi connectivity index (χ2n) is 3.61. The number of hydrogen-bond acceptors (Lipinski definition) is 4. The highest BCUT2D eigenvalue weighted by Crippen LogP contribution is 2.11. The van der Waals surface area contributed by atoms with Gasteiger partial charge < -0.3 is 0 Å². The maximum absolute atomic E-state index is 11.9. The second kappa shape index (κ2) is 6.05. The fourth-order valence-electron chi connectivity index (χ4n) is 1.33. The summed E-state index contributed by atoms with van der Waals surface area (Å²) in [5.41, 5.74) is 0.445. The molecule has 0 aliphatic heterocycles. The zero-order valence-electron chi connectivity index (χ0n) is 9.67. The highest BCUT2D eigenvalue weighted by molar-refractivity contribution is 7.98. The van der Waals surface area contributed by atoms with Crippen LogP contribution in [0.5, 0.6) is 0 Å². The van der Waals surface area contributed by atoms with Crippen LogP contribution in [0.15, 0.2) is 29.2 Å². The van der Waals surface area contributed by atoms with Crippen molar-refractivity contribution in [2.24, 2.45) is 0 Å². The van der Waals surface area contributed by atoms with E-state index in [1.54, 1.807) is 11.8 Å². The van der Waals surface area contributed by atoms with Crippen molar-refractivity contribution in [3.05, 3.63) is 29.8 Å². The van der Waals surface area contributed by atoms with Gasteiger partial charge in [-0.05, 0) is 37.4 Å². The number of hydrogen-bond donors (Lipinski definition) is 1. The minimum Gasteiger partial charge on any atom is -0.208 e. The molecule has 17 heavy (non-hydrogen) atoms. The second-order valence-corrected chi connectivity index (χ2v) is 6.24. The van der Waals surface area contributed by atoms with E-state index >= 15 is 0 Å². The van der Waals surface area contributed by atoms with Crippen LogP contribution in [0.3, 0.4) is 0 Å². The molecule has 1 aromatic carbocycles. The van der Waals surface area contributed by atoms with E-state index < -0.39 is 10.0 Å². The van der Waals surface area contributed by atoms with Gasteiger partial charge in [0.15, 0.2) is 0 Å². The van der Waals surface area contributed by atoms with Gasteiger partial charge in [0, 0.05) is 11.8 Å². The summed E-state index contributed by atoms with van der Waals surface area (Å²) >= 11 is 1.58. The molecule has 0 aromatic heterocycles. The molecule has 1 N–H and O–H groups in total. The molecule has 1 aromatic rings. The highest BCUT2D eigenvalue weighted by Gasteiger charge is 2.16. The standard InChI is InChI=1S/C11H14N2O2S2/c1-9(8-16-2)13-17(14,15)11-5-3-10(7-12)4-6-11/h3-6,9,13H,8H2,1-2H3. The lowest BCUT2D eigenvalue weighted by Crippen LogP contribution is -2.34. The normalized spacial score (nSPS) is 13.0. The average molecular weight is 270 g/mol. The van der Waals surface area contributed by atoms with E-state index in [2.05, 4.69) is 4.72 Å².